The Morgan fingerprint density at radius 2 is 1.80 bits per heavy atom. The predicted molar refractivity (Wildman–Crippen MR) is 94.4 cm³/mol. The summed E-state index contributed by atoms with van der Waals surface area (Å²) in [6, 6.07) is 9.87. The zero-order valence-corrected chi connectivity index (χ0v) is 13.7. The maximum Gasteiger partial charge on any atom is 0.235 e. The molecule has 1 aliphatic heterocycles. The molecular formula is C20H18FN3O. The number of hydrogen-bond donors (Lipinski definition) is 2. The number of carbonyl (C=O) groups excluding carboxylic acids is 1. The molecule has 2 aromatic carbocycles. The van der Waals surface area contributed by atoms with E-state index in [0.717, 1.165) is 43.2 Å². The predicted octanol–water partition coefficient (Wildman–Crippen LogP) is 4.10. The number of amides is 1. The number of rotatable bonds is 1. The van der Waals surface area contributed by atoms with Crippen molar-refractivity contribution >= 4 is 17.3 Å². The summed E-state index contributed by atoms with van der Waals surface area (Å²) in [7, 11) is 0. The first-order chi connectivity index (χ1) is 12.0. The molecule has 1 spiro atoms. The Bertz CT molecular complexity index is 923. The van der Waals surface area contributed by atoms with Gasteiger partial charge in [-0.25, -0.2) is 4.39 Å². The Hall–Kier alpha value is -2.87. The third kappa shape index (κ3) is 2.37. The largest absolute Gasteiger partial charge is 0.397 e. The summed E-state index contributed by atoms with van der Waals surface area (Å²) < 4.78 is 13.8. The molecule has 4 rings (SSSR count). The highest BCUT2D eigenvalue weighted by atomic mass is 19.1. The van der Waals surface area contributed by atoms with Crippen molar-refractivity contribution in [1.82, 2.24) is 0 Å². The van der Waals surface area contributed by atoms with E-state index in [-0.39, 0.29) is 11.5 Å². The number of halogens is 1. The minimum absolute atomic E-state index is 0.0167. The number of nitrogens with one attached hydrogen (secondary N) is 1. The number of nitriles is 1. The quantitative estimate of drug-likeness (QED) is 0.770. The third-order valence-corrected chi connectivity index (χ3v) is 5.42. The van der Waals surface area contributed by atoms with E-state index in [1.807, 2.05) is 12.1 Å². The van der Waals surface area contributed by atoms with Crippen LogP contribution in [0, 0.1) is 17.1 Å². The van der Waals surface area contributed by atoms with Crippen LogP contribution in [0.1, 0.15) is 43.2 Å². The van der Waals surface area contributed by atoms with Gasteiger partial charge in [0.05, 0.1) is 28.4 Å². The van der Waals surface area contributed by atoms with Gasteiger partial charge in [-0.15, -0.1) is 0 Å². The van der Waals surface area contributed by atoms with Crippen LogP contribution in [0.25, 0.3) is 11.1 Å². The third-order valence-electron chi connectivity index (χ3n) is 5.42. The SMILES string of the molecule is N#Cc1cc(F)cc(-c2cc(N)c3c(c2)C2(CCCCC2)C(=O)N3)c1. The number of fused-ring (bicyclic) bond motifs is 2. The highest BCUT2D eigenvalue weighted by molar-refractivity contribution is 6.09. The van der Waals surface area contributed by atoms with E-state index in [4.69, 9.17) is 11.0 Å². The molecule has 2 aliphatic rings. The first-order valence-corrected chi connectivity index (χ1v) is 8.50. The van der Waals surface area contributed by atoms with Crippen molar-refractivity contribution in [3.8, 4) is 17.2 Å². The fourth-order valence-corrected chi connectivity index (χ4v) is 4.18. The van der Waals surface area contributed by atoms with Crippen molar-refractivity contribution < 1.29 is 9.18 Å². The highest BCUT2D eigenvalue weighted by Crippen LogP contribution is 2.50. The molecule has 3 N–H and O–H groups in total. The Morgan fingerprint density at radius 1 is 1.08 bits per heavy atom. The van der Waals surface area contributed by atoms with Crippen molar-refractivity contribution in [2.45, 2.75) is 37.5 Å². The Balaban J connectivity index is 1.89. The number of nitrogens with zero attached hydrogens (tertiary/aromatic N) is 1. The average molecular weight is 335 g/mol. The van der Waals surface area contributed by atoms with E-state index >= 15 is 0 Å². The first kappa shape index (κ1) is 15.6. The van der Waals surface area contributed by atoms with Gasteiger partial charge in [-0.1, -0.05) is 19.3 Å². The van der Waals surface area contributed by atoms with Crippen LogP contribution in [0.15, 0.2) is 30.3 Å². The molecule has 0 radical (unpaired) electrons. The monoisotopic (exact) mass is 335 g/mol. The average Bonchev–Trinajstić information content (AvgIpc) is 2.88. The summed E-state index contributed by atoms with van der Waals surface area (Å²) in [5.74, 6) is -0.447. The van der Waals surface area contributed by atoms with Gasteiger partial charge in [0.1, 0.15) is 5.82 Å². The second kappa shape index (κ2) is 5.59. The zero-order chi connectivity index (χ0) is 17.6. The number of anilines is 2. The van der Waals surface area contributed by atoms with E-state index in [9.17, 15) is 9.18 Å². The van der Waals surface area contributed by atoms with Gasteiger partial charge in [0.25, 0.3) is 0 Å². The van der Waals surface area contributed by atoms with Gasteiger partial charge in [-0.2, -0.15) is 5.26 Å². The van der Waals surface area contributed by atoms with Crippen LogP contribution in [0.5, 0.6) is 0 Å². The number of nitrogen functional groups attached to an aromatic ring is 1. The van der Waals surface area contributed by atoms with Crippen molar-refractivity contribution in [1.29, 1.82) is 5.26 Å². The Kier molecular flexibility index (Phi) is 3.50. The molecule has 0 saturated heterocycles. The molecule has 4 nitrogen and oxygen atoms in total. The molecule has 1 amide bonds. The molecule has 1 fully saturated rings. The topological polar surface area (TPSA) is 78.9 Å². The number of hydrogen-bond acceptors (Lipinski definition) is 3. The van der Waals surface area contributed by atoms with Crippen LogP contribution in [-0.2, 0) is 10.2 Å². The minimum atomic E-state index is -0.525. The standard InChI is InChI=1S/C20H18FN3O/c21-15-7-12(11-22)6-13(8-15)14-9-16-18(17(23)10-14)24-19(25)20(16)4-2-1-3-5-20/h6-10H,1-5,23H2,(H,24,25). The van der Waals surface area contributed by atoms with E-state index in [0.29, 0.717) is 16.9 Å². The maximum atomic E-state index is 13.8. The first-order valence-electron chi connectivity index (χ1n) is 8.50. The van der Waals surface area contributed by atoms with E-state index in [1.165, 1.54) is 12.1 Å². The summed E-state index contributed by atoms with van der Waals surface area (Å²) in [5.41, 5.74) is 9.33. The molecule has 1 heterocycles. The van der Waals surface area contributed by atoms with Crippen LogP contribution in [0.4, 0.5) is 15.8 Å². The fourth-order valence-electron chi connectivity index (χ4n) is 4.18. The van der Waals surface area contributed by atoms with Crippen molar-refractivity contribution in [2.24, 2.45) is 0 Å². The summed E-state index contributed by atoms with van der Waals surface area (Å²) in [5, 5.41) is 12.0. The van der Waals surface area contributed by atoms with Gasteiger partial charge in [0.2, 0.25) is 5.91 Å². The molecule has 1 saturated carbocycles. The highest BCUT2D eigenvalue weighted by Gasteiger charge is 2.47. The van der Waals surface area contributed by atoms with Gasteiger partial charge in [0, 0.05) is 0 Å². The van der Waals surface area contributed by atoms with Crippen molar-refractivity contribution in [3.63, 3.8) is 0 Å². The number of nitrogens with two attached hydrogens (primary N) is 1. The van der Waals surface area contributed by atoms with Crippen LogP contribution in [0.3, 0.4) is 0 Å². The van der Waals surface area contributed by atoms with E-state index in [2.05, 4.69) is 5.32 Å². The van der Waals surface area contributed by atoms with Gasteiger partial charge in [-0.3, -0.25) is 4.79 Å². The van der Waals surface area contributed by atoms with Crippen LogP contribution in [-0.4, -0.2) is 5.91 Å². The second-order valence-corrected chi connectivity index (χ2v) is 6.93. The summed E-state index contributed by atoms with van der Waals surface area (Å²) in [6.45, 7) is 0. The van der Waals surface area contributed by atoms with E-state index in [1.54, 1.807) is 12.1 Å². The van der Waals surface area contributed by atoms with Gasteiger partial charge < -0.3 is 11.1 Å². The summed E-state index contributed by atoms with van der Waals surface area (Å²) >= 11 is 0. The van der Waals surface area contributed by atoms with Gasteiger partial charge in [0.15, 0.2) is 0 Å². The molecule has 0 bridgehead atoms. The maximum absolute atomic E-state index is 13.8. The lowest BCUT2D eigenvalue weighted by Crippen LogP contribution is -2.36. The molecule has 0 aromatic heterocycles. The lowest BCUT2D eigenvalue weighted by atomic mass is 9.70. The van der Waals surface area contributed by atoms with Gasteiger partial charge in [-0.05, 0) is 59.9 Å². The zero-order valence-electron chi connectivity index (χ0n) is 13.7. The lowest BCUT2D eigenvalue weighted by molar-refractivity contribution is -0.121. The fraction of sp³-hybridized carbons (Fsp3) is 0.300. The second-order valence-electron chi connectivity index (χ2n) is 6.93. The Labute approximate surface area is 145 Å². The molecule has 2 aromatic rings. The van der Waals surface area contributed by atoms with Crippen LogP contribution < -0.4 is 11.1 Å². The number of benzene rings is 2. The smallest absolute Gasteiger partial charge is 0.235 e. The van der Waals surface area contributed by atoms with Crippen molar-refractivity contribution in [3.05, 3.63) is 47.3 Å². The normalized spacial score (nSPS) is 17.8. The molecule has 1 aliphatic carbocycles. The molecule has 0 unspecified atom stereocenters. The molecule has 5 heteroatoms. The molecular weight excluding hydrogens is 317 g/mol. The van der Waals surface area contributed by atoms with Gasteiger partial charge >= 0.3 is 0 Å². The summed E-state index contributed by atoms with van der Waals surface area (Å²) in [6.07, 6.45) is 4.77. The number of carbonyl (C=O) groups is 1. The minimum Gasteiger partial charge on any atom is -0.397 e. The summed E-state index contributed by atoms with van der Waals surface area (Å²) in [4.78, 5) is 12.7. The molecule has 126 valence electrons. The van der Waals surface area contributed by atoms with Crippen LogP contribution >= 0.6 is 0 Å². The lowest BCUT2D eigenvalue weighted by Gasteiger charge is -2.31. The molecule has 0 atom stereocenters. The molecule has 25 heavy (non-hydrogen) atoms. The van der Waals surface area contributed by atoms with E-state index < -0.39 is 11.2 Å². The van der Waals surface area contributed by atoms with Crippen molar-refractivity contribution in [2.75, 3.05) is 11.1 Å². The Morgan fingerprint density at radius 3 is 2.52 bits per heavy atom. The van der Waals surface area contributed by atoms with Crippen LogP contribution in [0.2, 0.25) is 0 Å².